The second-order valence-corrected chi connectivity index (χ2v) is 10.7. The molecule has 0 amide bonds. The number of ether oxygens (including phenoxy) is 1. The SMILES string of the molecule is CCCOc1ccc(-c2nn(-c3ccccc3)cc2CNS(=O)(=O)c2ccc(Cl)c(Cl)c2)cc1Cl. The molecule has 0 radical (unpaired) electrons. The van der Waals surface area contributed by atoms with Crippen LogP contribution in [0, 0.1) is 0 Å². The maximum Gasteiger partial charge on any atom is 0.240 e. The van der Waals surface area contributed by atoms with Crippen LogP contribution in [0.15, 0.2) is 77.8 Å². The highest BCUT2D eigenvalue weighted by molar-refractivity contribution is 7.89. The summed E-state index contributed by atoms with van der Waals surface area (Å²) in [6, 6.07) is 19.1. The van der Waals surface area contributed by atoms with Crippen LogP contribution in [-0.2, 0) is 16.6 Å². The number of nitrogens with zero attached hydrogens (tertiary/aromatic N) is 2. The first-order valence-electron chi connectivity index (χ1n) is 10.8. The minimum Gasteiger partial charge on any atom is -0.492 e. The van der Waals surface area contributed by atoms with Crippen LogP contribution in [0.3, 0.4) is 0 Å². The minimum absolute atomic E-state index is 0.00352. The van der Waals surface area contributed by atoms with Crippen LogP contribution in [0.2, 0.25) is 15.1 Å². The molecule has 6 nitrogen and oxygen atoms in total. The molecule has 1 aromatic heterocycles. The fourth-order valence-electron chi connectivity index (χ4n) is 3.37. The highest BCUT2D eigenvalue weighted by atomic mass is 35.5. The molecule has 182 valence electrons. The quantitative estimate of drug-likeness (QED) is 0.250. The molecule has 0 saturated carbocycles. The molecule has 4 aromatic rings. The third-order valence-electron chi connectivity index (χ3n) is 5.13. The lowest BCUT2D eigenvalue weighted by Gasteiger charge is -2.10. The van der Waals surface area contributed by atoms with E-state index in [0.29, 0.717) is 28.6 Å². The van der Waals surface area contributed by atoms with Crippen LogP contribution in [0.25, 0.3) is 16.9 Å². The molecule has 0 aliphatic heterocycles. The zero-order valence-electron chi connectivity index (χ0n) is 18.7. The van der Waals surface area contributed by atoms with Crippen molar-refractivity contribution >= 4 is 44.8 Å². The van der Waals surface area contributed by atoms with Gasteiger partial charge in [0.2, 0.25) is 10.0 Å². The van der Waals surface area contributed by atoms with E-state index in [2.05, 4.69) is 4.72 Å². The van der Waals surface area contributed by atoms with Crippen LogP contribution in [0.4, 0.5) is 0 Å². The molecule has 0 atom stereocenters. The molecule has 0 aliphatic rings. The number of para-hydroxylation sites is 1. The molecule has 4 rings (SSSR count). The molecule has 3 aromatic carbocycles. The van der Waals surface area contributed by atoms with E-state index in [9.17, 15) is 8.42 Å². The maximum absolute atomic E-state index is 12.9. The third-order valence-corrected chi connectivity index (χ3v) is 7.57. The summed E-state index contributed by atoms with van der Waals surface area (Å²) in [5.41, 5.74) is 2.82. The fraction of sp³-hybridized carbons (Fsp3) is 0.160. The Hall–Kier alpha value is -2.55. The van der Waals surface area contributed by atoms with Gasteiger partial charge < -0.3 is 4.74 Å². The van der Waals surface area contributed by atoms with E-state index in [4.69, 9.17) is 44.6 Å². The molecule has 0 bridgehead atoms. The summed E-state index contributed by atoms with van der Waals surface area (Å²) < 4.78 is 35.8. The minimum atomic E-state index is -3.85. The first-order chi connectivity index (χ1) is 16.8. The van der Waals surface area contributed by atoms with Crippen LogP contribution < -0.4 is 9.46 Å². The molecule has 0 saturated heterocycles. The van der Waals surface area contributed by atoms with Gasteiger partial charge >= 0.3 is 0 Å². The molecule has 35 heavy (non-hydrogen) atoms. The summed E-state index contributed by atoms with van der Waals surface area (Å²) in [7, 11) is -3.85. The largest absolute Gasteiger partial charge is 0.492 e. The van der Waals surface area contributed by atoms with Crippen LogP contribution in [0.1, 0.15) is 18.9 Å². The van der Waals surface area contributed by atoms with Crippen molar-refractivity contribution in [2.45, 2.75) is 24.8 Å². The van der Waals surface area contributed by atoms with Gasteiger partial charge in [-0.2, -0.15) is 5.10 Å². The summed E-state index contributed by atoms with van der Waals surface area (Å²) in [6.07, 6.45) is 2.65. The van der Waals surface area contributed by atoms with Gasteiger partial charge in [0.25, 0.3) is 0 Å². The predicted octanol–water partition coefficient (Wildman–Crippen LogP) is 6.77. The van der Waals surface area contributed by atoms with E-state index in [1.54, 1.807) is 23.0 Å². The molecule has 10 heteroatoms. The van der Waals surface area contributed by atoms with Crippen LogP contribution in [0.5, 0.6) is 5.75 Å². The zero-order chi connectivity index (χ0) is 25.0. The van der Waals surface area contributed by atoms with Gasteiger partial charge in [-0.05, 0) is 55.0 Å². The van der Waals surface area contributed by atoms with Gasteiger partial charge in [0.05, 0.1) is 38.0 Å². The Morgan fingerprint density at radius 1 is 0.943 bits per heavy atom. The first-order valence-corrected chi connectivity index (χ1v) is 13.4. The van der Waals surface area contributed by atoms with E-state index in [0.717, 1.165) is 17.7 Å². The topological polar surface area (TPSA) is 73.2 Å². The highest BCUT2D eigenvalue weighted by Crippen LogP contribution is 2.32. The zero-order valence-corrected chi connectivity index (χ0v) is 21.8. The van der Waals surface area contributed by atoms with E-state index in [1.165, 1.54) is 18.2 Å². The van der Waals surface area contributed by atoms with Gasteiger partial charge in [-0.25, -0.2) is 17.8 Å². The average Bonchev–Trinajstić information content (AvgIpc) is 3.28. The molecule has 0 unspecified atom stereocenters. The Morgan fingerprint density at radius 2 is 1.71 bits per heavy atom. The van der Waals surface area contributed by atoms with Crippen molar-refractivity contribution in [2.24, 2.45) is 0 Å². The van der Waals surface area contributed by atoms with Crippen molar-refractivity contribution < 1.29 is 13.2 Å². The van der Waals surface area contributed by atoms with Crippen LogP contribution >= 0.6 is 34.8 Å². The summed E-state index contributed by atoms with van der Waals surface area (Å²) in [4.78, 5) is 0.0179. The number of sulfonamides is 1. The van der Waals surface area contributed by atoms with Crippen molar-refractivity contribution in [1.29, 1.82) is 0 Å². The third kappa shape index (κ3) is 6.00. The number of nitrogens with one attached hydrogen (secondary N) is 1. The number of benzene rings is 3. The Labute approximate surface area is 219 Å². The number of hydrogen-bond acceptors (Lipinski definition) is 4. The summed E-state index contributed by atoms with van der Waals surface area (Å²) in [6.45, 7) is 2.57. The smallest absolute Gasteiger partial charge is 0.240 e. The Balaban J connectivity index is 1.68. The molecule has 1 heterocycles. The second kappa shape index (κ2) is 11.0. The number of aromatic nitrogens is 2. The highest BCUT2D eigenvalue weighted by Gasteiger charge is 2.19. The molecule has 0 aliphatic carbocycles. The first kappa shape index (κ1) is 25.5. The molecule has 0 fully saturated rings. The molecular weight excluding hydrogens is 529 g/mol. The monoisotopic (exact) mass is 549 g/mol. The van der Waals surface area contributed by atoms with Crippen molar-refractivity contribution in [3.8, 4) is 22.7 Å². The van der Waals surface area contributed by atoms with E-state index in [-0.39, 0.29) is 21.5 Å². The van der Waals surface area contributed by atoms with Crippen molar-refractivity contribution in [3.63, 3.8) is 0 Å². The number of hydrogen-bond donors (Lipinski definition) is 1. The molecule has 1 N–H and O–H groups in total. The van der Waals surface area contributed by atoms with Crippen molar-refractivity contribution in [1.82, 2.24) is 14.5 Å². The van der Waals surface area contributed by atoms with E-state index in [1.807, 2.05) is 43.3 Å². The summed E-state index contributed by atoms with van der Waals surface area (Å²) in [5.74, 6) is 0.585. The Morgan fingerprint density at radius 3 is 2.40 bits per heavy atom. The van der Waals surface area contributed by atoms with Crippen molar-refractivity contribution in [3.05, 3.63) is 93.6 Å². The molecular formula is C25H22Cl3N3O3S. The van der Waals surface area contributed by atoms with Gasteiger partial charge in [0.1, 0.15) is 5.75 Å². The lowest BCUT2D eigenvalue weighted by atomic mass is 10.1. The maximum atomic E-state index is 12.9. The summed E-state index contributed by atoms with van der Waals surface area (Å²) >= 11 is 18.4. The Kier molecular flexibility index (Phi) is 8.04. The lowest BCUT2D eigenvalue weighted by molar-refractivity contribution is 0.317. The average molecular weight is 551 g/mol. The number of rotatable bonds is 9. The normalized spacial score (nSPS) is 11.5. The van der Waals surface area contributed by atoms with Gasteiger partial charge in [-0.1, -0.05) is 59.9 Å². The standard InChI is InChI=1S/C25H22Cl3N3O3S/c1-2-12-34-24-11-8-17(13-23(24)28)25-18(16-31(30-25)19-6-4-3-5-7-19)15-29-35(32,33)20-9-10-21(26)22(27)14-20/h3-11,13-14,16,29H,2,12,15H2,1H3. The van der Waals surface area contributed by atoms with Gasteiger partial charge in [0, 0.05) is 23.9 Å². The molecule has 0 spiro atoms. The summed E-state index contributed by atoms with van der Waals surface area (Å²) in [5, 5.41) is 5.62. The van der Waals surface area contributed by atoms with Crippen molar-refractivity contribution in [2.75, 3.05) is 6.61 Å². The van der Waals surface area contributed by atoms with Gasteiger partial charge in [-0.15, -0.1) is 0 Å². The lowest BCUT2D eigenvalue weighted by Crippen LogP contribution is -2.23. The van der Waals surface area contributed by atoms with E-state index < -0.39 is 10.0 Å². The fourth-order valence-corrected chi connectivity index (χ4v) is 5.00. The van der Waals surface area contributed by atoms with Gasteiger partial charge in [-0.3, -0.25) is 0 Å². The predicted molar refractivity (Wildman–Crippen MR) is 140 cm³/mol. The Bertz CT molecular complexity index is 1440. The second-order valence-electron chi connectivity index (χ2n) is 7.68. The number of halogens is 3. The van der Waals surface area contributed by atoms with E-state index >= 15 is 0 Å². The van der Waals surface area contributed by atoms with Gasteiger partial charge in [0.15, 0.2) is 0 Å². The van der Waals surface area contributed by atoms with Crippen LogP contribution in [-0.4, -0.2) is 24.8 Å².